The van der Waals surface area contributed by atoms with E-state index in [0.29, 0.717) is 18.8 Å². The third-order valence-corrected chi connectivity index (χ3v) is 2.17. The van der Waals surface area contributed by atoms with Gasteiger partial charge in [-0.15, -0.1) is 0 Å². The molecular formula is C12H13N3O. The van der Waals surface area contributed by atoms with E-state index in [1.54, 1.807) is 18.3 Å². The Labute approximate surface area is 94.0 Å². The van der Waals surface area contributed by atoms with Crippen LogP contribution in [0.1, 0.15) is 11.3 Å². The van der Waals surface area contributed by atoms with Crippen molar-refractivity contribution in [1.82, 2.24) is 15.5 Å². The molecule has 0 aliphatic carbocycles. The number of phenolic OH excluding ortho intramolecular Hbond substituents is 1. The maximum absolute atomic E-state index is 9.28. The van der Waals surface area contributed by atoms with Crippen molar-refractivity contribution in [3.63, 3.8) is 0 Å². The lowest BCUT2D eigenvalue weighted by Gasteiger charge is -2.04. The summed E-state index contributed by atoms with van der Waals surface area (Å²) in [5, 5.41) is 20.3. The lowest BCUT2D eigenvalue weighted by Crippen LogP contribution is -2.13. The van der Waals surface area contributed by atoms with Crippen molar-refractivity contribution in [2.75, 3.05) is 0 Å². The first-order chi connectivity index (χ1) is 7.84. The summed E-state index contributed by atoms with van der Waals surface area (Å²) in [6, 6.07) is 11.0. The van der Waals surface area contributed by atoms with Gasteiger partial charge in [-0.1, -0.05) is 12.1 Å². The molecule has 0 amide bonds. The molecule has 4 nitrogen and oxygen atoms in total. The van der Waals surface area contributed by atoms with Crippen LogP contribution < -0.4 is 5.32 Å². The van der Waals surface area contributed by atoms with Gasteiger partial charge in [-0.05, 0) is 29.8 Å². The van der Waals surface area contributed by atoms with Crippen LogP contribution in [-0.2, 0) is 13.1 Å². The van der Waals surface area contributed by atoms with E-state index in [0.717, 1.165) is 11.3 Å². The summed E-state index contributed by atoms with van der Waals surface area (Å²) in [7, 11) is 0. The third kappa shape index (κ3) is 3.03. The fraction of sp³-hybridized carbons (Fsp3) is 0.167. The summed E-state index contributed by atoms with van der Waals surface area (Å²) in [6.07, 6.45) is 1.65. The fourth-order valence-electron chi connectivity index (χ4n) is 1.43. The van der Waals surface area contributed by atoms with E-state index in [9.17, 15) is 5.11 Å². The number of nitrogens with zero attached hydrogens (tertiary/aromatic N) is 2. The Hall–Kier alpha value is -1.94. The Balaban J connectivity index is 1.85. The van der Waals surface area contributed by atoms with Crippen LogP contribution in [0.4, 0.5) is 0 Å². The first-order valence-corrected chi connectivity index (χ1v) is 5.10. The molecule has 0 radical (unpaired) electrons. The van der Waals surface area contributed by atoms with E-state index in [1.165, 1.54) is 0 Å². The van der Waals surface area contributed by atoms with Gasteiger partial charge in [0.2, 0.25) is 0 Å². The summed E-state index contributed by atoms with van der Waals surface area (Å²) in [5.74, 6) is 0.291. The normalized spacial score (nSPS) is 10.2. The zero-order valence-corrected chi connectivity index (χ0v) is 8.80. The monoisotopic (exact) mass is 215 g/mol. The molecule has 4 heteroatoms. The molecule has 1 heterocycles. The van der Waals surface area contributed by atoms with Gasteiger partial charge in [-0.2, -0.15) is 10.2 Å². The molecule has 16 heavy (non-hydrogen) atoms. The van der Waals surface area contributed by atoms with Gasteiger partial charge in [0.1, 0.15) is 5.75 Å². The highest BCUT2D eigenvalue weighted by atomic mass is 16.3. The van der Waals surface area contributed by atoms with Crippen LogP contribution in [0.15, 0.2) is 42.6 Å². The summed E-state index contributed by atoms with van der Waals surface area (Å²) >= 11 is 0. The second kappa shape index (κ2) is 5.23. The zero-order valence-electron chi connectivity index (χ0n) is 8.80. The number of rotatable bonds is 4. The SMILES string of the molecule is Oc1cccc(CNCc2cccnn2)c1. The summed E-state index contributed by atoms with van der Waals surface area (Å²) in [4.78, 5) is 0. The topological polar surface area (TPSA) is 58.0 Å². The van der Waals surface area contributed by atoms with Crippen LogP contribution in [0.3, 0.4) is 0 Å². The molecule has 0 fully saturated rings. The molecule has 1 aromatic carbocycles. The molecule has 0 saturated heterocycles. The lowest BCUT2D eigenvalue weighted by molar-refractivity contribution is 0.474. The largest absolute Gasteiger partial charge is 0.508 e. The second-order valence-corrected chi connectivity index (χ2v) is 3.49. The van der Waals surface area contributed by atoms with E-state index in [1.807, 2.05) is 24.3 Å². The van der Waals surface area contributed by atoms with Gasteiger partial charge in [-0.3, -0.25) is 0 Å². The van der Waals surface area contributed by atoms with Gasteiger partial charge in [-0.25, -0.2) is 0 Å². The van der Waals surface area contributed by atoms with Crippen LogP contribution in [0.2, 0.25) is 0 Å². The third-order valence-electron chi connectivity index (χ3n) is 2.17. The highest BCUT2D eigenvalue weighted by molar-refractivity contribution is 5.26. The number of nitrogens with one attached hydrogen (secondary N) is 1. The number of phenols is 1. The van der Waals surface area contributed by atoms with Crippen LogP contribution in [0.5, 0.6) is 5.75 Å². The van der Waals surface area contributed by atoms with E-state index in [-0.39, 0.29) is 0 Å². The minimum absolute atomic E-state index is 0.291. The van der Waals surface area contributed by atoms with Crippen molar-refractivity contribution in [3.05, 3.63) is 53.9 Å². The number of hydrogen-bond donors (Lipinski definition) is 2. The quantitative estimate of drug-likeness (QED) is 0.811. The number of hydrogen-bond acceptors (Lipinski definition) is 4. The predicted molar refractivity (Wildman–Crippen MR) is 60.7 cm³/mol. The van der Waals surface area contributed by atoms with Crippen LogP contribution in [0.25, 0.3) is 0 Å². The Morgan fingerprint density at radius 3 is 2.81 bits per heavy atom. The molecule has 0 bridgehead atoms. The minimum Gasteiger partial charge on any atom is -0.508 e. The van der Waals surface area contributed by atoms with Crippen molar-refractivity contribution < 1.29 is 5.11 Å². The highest BCUT2D eigenvalue weighted by Crippen LogP contribution is 2.10. The molecule has 2 N–H and O–H groups in total. The predicted octanol–water partition coefficient (Wildman–Crippen LogP) is 1.47. The Morgan fingerprint density at radius 2 is 2.06 bits per heavy atom. The Morgan fingerprint density at radius 1 is 1.12 bits per heavy atom. The average Bonchev–Trinajstić information content (AvgIpc) is 2.30. The van der Waals surface area contributed by atoms with E-state index in [2.05, 4.69) is 15.5 Å². The summed E-state index contributed by atoms with van der Waals surface area (Å²) in [5.41, 5.74) is 1.95. The number of benzene rings is 1. The Kier molecular flexibility index (Phi) is 3.46. The number of aromatic nitrogens is 2. The molecule has 82 valence electrons. The van der Waals surface area contributed by atoms with Gasteiger partial charge in [0.25, 0.3) is 0 Å². The molecular weight excluding hydrogens is 202 g/mol. The highest BCUT2D eigenvalue weighted by Gasteiger charge is 1.96. The molecule has 0 aliphatic rings. The molecule has 0 unspecified atom stereocenters. The lowest BCUT2D eigenvalue weighted by atomic mass is 10.2. The maximum Gasteiger partial charge on any atom is 0.115 e. The van der Waals surface area contributed by atoms with Crippen LogP contribution >= 0.6 is 0 Å². The van der Waals surface area contributed by atoms with Crippen molar-refractivity contribution in [1.29, 1.82) is 0 Å². The summed E-state index contributed by atoms with van der Waals surface area (Å²) < 4.78 is 0. The molecule has 0 spiro atoms. The first kappa shape index (κ1) is 10.6. The average molecular weight is 215 g/mol. The van der Waals surface area contributed by atoms with Gasteiger partial charge >= 0.3 is 0 Å². The minimum atomic E-state index is 0.291. The van der Waals surface area contributed by atoms with Crippen LogP contribution in [0, 0.1) is 0 Å². The van der Waals surface area contributed by atoms with Crippen molar-refractivity contribution in [2.24, 2.45) is 0 Å². The molecule has 2 aromatic rings. The fourth-order valence-corrected chi connectivity index (χ4v) is 1.43. The molecule has 2 rings (SSSR count). The van der Waals surface area contributed by atoms with Gasteiger partial charge in [0.15, 0.2) is 0 Å². The molecule has 0 atom stereocenters. The van der Waals surface area contributed by atoms with E-state index in [4.69, 9.17) is 0 Å². The molecule has 0 saturated carbocycles. The van der Waals surface area contributed by atoms with Crippen LogP contribution in [-0.4, -0.2) is 15.3 Å². The van der Waals surface area contributed by atoms with Gasteiger partial charge in [0.05, 0.1) is 5.69 Å². The van der Waals surface area contributed by atoms with Crippen molar-refractivity contribution in [2.45, 2.75) is 13.1 Å². The smallest absolute Gasteiger partial charge is 0.115 e. The van der Waals surface area contributed by atoms with E-state index >= 15 is 0 Å². The summed E-state index contributed by atoms with van der Waals surface area (Å²) in [6.45, 7) is 1.37. The Bertz CT molecular complexity index is 445. The molecule has 1 aromatic heterocycles. The number of aromatic hydroxyl groups is 1. The zero-order chi connectivity index (χ0) is 11.2. The standard InChI is InChI=1S/C12H13N3O/c16-12-5-1-3-10(7-12)8-13-9-11-4-2-6-14-15-11/h1-7,13,16H,8-9H2. The first-order valence-electron chi connectivity index (χ1n) is 5.10. The molecule has 0 aliphatic heterocycles. The van der Waals surface area contributed by atoms with Crippen molar-refractivity contribution in [3.8, 4) is 5.75 Å². The van der Waals surface area contributed by atoms with Gasteiger partial charge < -0.3 is 10.4 Å². The maximum atomic E-state index is 9.28. The van der Waals surface area contributed by atoms with Crippen molar-refractivity contribution >= 4 is 0 Å². The van der Waals surface area contributed by atoms with Gasteiger partial charge in [0, 0.05) is 19.3 Å². The van der Waals surface area contributed by atoms with E-state index < -0.39 is 0 Å². The second-order valence-electron chi connectivity index (χ2n) is 3.49.